The molecule has 0 saturated carbocycles. The zero-order valence-electron chi connectivity index (χ0n) is 12.2. The summed E-state index contributed by atoms with van der Waals surface area (Å²) >= 11 is 0. The lowest BCUT2D eigenvalue weighted by molar-refractivity contribution is -0.254. The molecule has 0 radical (unpaired) electrons. The van der Waals surface area contributed by atoms with Crippen LogP contribution in [-0.2, 0) is 10.0 Å². The second kappa shape index (κ2) is 6.03. The molecule has 0 aromatic heterocycles. The summed E-state index contributed by atoms with van der Waals surface area (Å²) in [5.41, 5.74) is 0.465. The first-order valence-corrected chi connectivity index (χ1v) is 8.31. The van der Waals surface area contributed by atoms with Crippen molar-refractivity contribution in [2.75, 3.05) is 32.1 Å². The highest BCUT2D eigenvalue weighted by molar-refractivity contribution is 7.89. The summed E-state index contributed by atoms with van der Waals surface area (Å²) in [6.45, 7) is 1.56. The number of piperidine rings is 1. The van der Waals surface area contributed by atoms with Crippen LogP contribution in [0.25, 0.3) is 0 Å². The Hall–Kier alpha value is -1.60. The van der Waals surface area contributed by atoms with Gasteiger partial charge < -0.3 is 14.8 Å². The topological polar surface area (TPSA) is 80.8 Å². The third-order valence-corrected chi connectivity index (χ3v) is 5.47. The van der Waals surface area contributed by atoms with Crippen molar-refractivity contribution in [3.05, 3.63) is 23.8 Å². The fraction of sp³-hybridized carbons (Fsp3) is 0.500. The maximum atomic E-state index is 12.1. The molecule has 2 rings (SSSR count). The lowest BCUT2D eigenvalue weighted by Crippen LogP contribution is -2.33. The summed E-state index contributed by atoms with van der Waals surface area (Å²) < 4.78 is 25.2. The summed E-state index contributed by atoms with van der Waals surface area (Å²) in [6, 6.07) is 4.20. The van der Waals surface area contributed by atoms with Crippen molar-refractivity contribution >= 4 is 21.7 Å². The van der Waals surface area contributed by atoms with E-state index in [-0.39, 0.29) is 10.5 Å². The number of anilines is 1. The predicted molar refractivity (Wildman–Crippen MR) is 77.7 cm³/mol. The number of carbonyl (C=O) groups is 1. The van der Waals surface area contributed by atoms with Crippen molar-refractivity contribution in [2.24, 2.45) is 0 Å². The molecule has 21 heavy (non-hydrogen) atoms. The van der Waals surface area contributed by atoms with E-state index in [2.05, 4.69) is 0 Å². The Labute approximate surface area is 125 Å². The van der Waals surface area contributed by atoms with Gasteiger partial charge >= 0.3 is 0 Å². The number of hydrogen-bond donors (Lipinski definition) is 0. The van der Waals surface area contributed by atoms with Crippen LogP contribution in [0, 0.1) is 0 Å². The number of hydrogen-bond acceptors (Lipinski definition) is 5. The molecule has 1 saturated heterocycles. The van der Waals surface area contributed by atoms with Gasteiger partial charge in [-0.3, -0.25) is 0 Å². The van der Waals surface area contributed by atoms with E-state index in [0.29, 0.717) is 5.69 Å². The average Bonchev–Trinajstić information content (AvgIpc) is 2.47. The summed E-state index contributed by atoms with van der Waals surface area (Å²) in [5.74, 6) is -1.36. The summed E-state index contributed by atoms with van der Waals surface area (Å²) in [4.78, 5) is 13.3. The second-order valence-corrected chi connectivity index (χ2v) is 7.45. The molecule has 1 aromatic rings. The summed E-state index contributed by atoms with van der Waals surface area (Å²) in [5, 5.41) is 11.4. The normalized spacial score (nSPS) is 16.2. The molecule has 1 aromatic carbocycles. The van der Waals surface area contributed by atoms with E-state index in [1.54, 1.807) is 6.07 Å². The van der Waals surface area contributed by atoms with E-state index in [1.165, 1.54) is 26.2 Å². The quantitative estimate of drug-likeness (QED) is 0.798. The van der Waals surface area contributed by atoms with Crippen molar-refractivity contribution in [3.63, 3.8) is 0 Å². The first-order valence-electron chi connectivity index (χ1n) is 6.87. The number of rotatable bonds is 4. The zero-order valence-corrected chi connectivity index (χ0v) is 13.0. The molecule has 0 aliphatic carbocycles. The molecule has 0 unspecified atom stereocenters. The number of carboxylic acids is 1. The molecule has 0 bridgehead atoms. The van der Waals surface area contributed by atoms with Gasteiger partial charge in [-0.15, -0.1) is 0 Å². The fourth-order valence-corrected chi connectivity index (χ4v) is 3.39. The Kier molecular flexibility index (Phi) is 4.53. The zero-order chi connectivity index (χ0) is 15.6. The van der Waals surface area contributed by atoms with Crippen LogP contribution in [0.2, 0.25) is 0 Å². The second-order valence-electron chi connectivity index (χ2n) is 5.30. The van der Waals surface area contributed by atoms with E-state index in [0.717, 1.165) is 36.7 Å². The van der Waals surface area contributed by atoms with Crippen LogP contribution in [0.3, 0.4) is 0 Å². The SMILES string of the molecule is CN(C)S(=O)(=O)c1ccc(N2CCCCC2)c(C(=O)[O-])c1. The van der Waals surface area contributed by atoms with Crippen LogP contribution in [0.15, 0.2) is 23.1 Å². The van der Waals surface area contributed by atoms with Crippen molar-refractivity contribution in [2.45, 2.75) is 24.2 Å². The van der Waals surface area contributed by atoms with Crippen molar-refractivity contribution in [3.8, 4) is 0 Å². The highest BCUT2D eigenvalue weighted by atomic mass is 32.2. The van der Waals surface area contributed by atoms with E-state index in [4.69, 9.17) is 0 Å². The third kappa shape index (κ3) is 3.19. The molecule has 1 heterocycles. The highest BCUT2D eigenvalue weighted by Crippen LogP contribution is 2.27. The smallest absolute Gasteiger partial charge is 0.242 e. The van der Waals surface area contributed by atoms with Gasteiger partial charge in [0.15, 0.2) is 0 Å². The first kappa shape index (κ1) is 15.8. The molecular weight excluding hydrogens is 292 g/mol. The van der Waals surface area contributed by atoms with E-state index < -0.39 is 16.0 Å². The maximum Gasteiger partial charge on any atom is 0.242 e. The monoisotopic (exact) mass is 311 g/mol. The Balaban J connectivity index is 2.47. The molecule has 7 heteroatoms. The molecule has 1 fully saturated rings. The minimum Gasteiger partial charge on any atom is -0.545 e. The van der Waals surface area contributed by atoms with Crippen LogP contribution >= 0.6 is 0 Å². The molecular formula is C14H19N2O4S-. The van der Waals surface area contributed by atoms with Gasteiger partial charge in [-0.1, -0.05) is 0 Å². The van der Waals surface area contributed by atoms with E-state index >= 15 is 0 Å². The van der Waals surface area contributed by atoms with Crippen LogP contribution in [0.4, 0.5) is 5.69 Å². The predicted octanol–water partition coefficient (Wildman–Crippen LogP) is 0.291. The Bertz CT molecular complexity index is 634. The Morgan fingerprint density at radius 3 is 2.33 bits per heavy atom. The molecule has 0 amide bonds. The Morgan fingerprint density at radius 2 is 1.81 bits per heavy atom. The number of carbonyl (C=O) groups excluding carboxylic acids is 1. The van der Waals surface area contributed by atoms with Crippen LogP contribution in [-0.4, -0.2) is 45.9 Å². The fourth-order valence-electron chi connectivity index (χ4n) is 2.46. The van der Waals surface area contributed by atoms with E-state index in [1.807, 2.05) is 4.90 Å². The molecule has 0 spiro atoms. The number of nitrogens with zero attached hydrogens (tertiary/aromatic N) is 2. The van der Waals surface area contributed by atoms with Gasteiger partial charge in [-0.05, 0) is 37.5 Å². The van der Waals surface area contributed by atoms with E-state index in [9.17, 15) is 18.3 Å². The molecule has 1 aliphatic rings. The molecule has 0 atom stereocenters. The van der Waals surface area contributed by atoms with Crippen molar-refractivity contribution in [1.29, 1.82) is 0 Å². The van der Waals surface area contributed by atoms with Crippen LogP contribution < -0.4 is 10.0 Å². The first-order chi connectivity index (χ1) is 9.84. The minimum absolute atomic E-state index is 0.0348. The number of carboxylic acid groups (broad SMARTS) is 1. The van der Waals surface area contributed by atoms with Crippen molar-refractivity contribution < 1.29 is 18.3 Å². The van der Waals surface area contributed by atoms with Gasteiger partial charge in [0.2, 0.25) is 10.0 Å². The molecule has 6 nitrogen and oxygen atoms in total. The number of sulfonamides is 1. The molecule has 1 aliphatic heterocycles. The number of benzene rings is 1. The summed E-state index contributed by atoms with van der Waals surface area (Å²) in [6.07, 6.45) is 3.14. The van der Waals surface area contributed by atoms with Gasteiger partial charge in [-0.2, -0.15) is 0 Å². The third-order valence-electron chi connectivity index (χ3n) is 3.66. The lowest BCUT2D eigenvalue weighted by Gasteiger charge is -2.31. The highest BCUT2D eigenvalue weighted by Gasteiger charge is 2.21. The van der Waals surface area contributed by atoms with Gasteiger partial charge in [0.25, 0.3) is 0 Å². The lowest BCUT2D eigenvalue weighted by atomic mass is 10.1. The number of aromatic carboxylic acids is 1. The van der Waals surface area contributed by atoms with Crippen molar-refractivity contribution in [1.82, 2.24) is 4.31 Å². The van der Waals surface area contributed by atoms with Gasteiger partial charge in [0, 0.05) is 38.4 Å². The minimum atomic E-state index is -3.66. The van der Waals surface area contributed by atoms with Crippen LogP contribution in [0.1, 0.15) is 29.6 Å². The standard InChI is InChI=1S/C14H20N2O4S/c1-15(2)21(19,20)11-6-7-13(12(10-11)14(17)18)16-8-4-3-5-9-16/h6-7,10H,3-5,8-9H2,1-2H3,(H,17,18)/p-1. The largest absolute Gasteiger partial charge is 0.545 e. The van der Waals surface area contributed by atoms with Crippen LogP contribution in [0.5, 0.6) is 0 Å². The Morgan fingerprint density at radius 1 is 1.19 bits per heavy atom. The molecule has 116 valence electrons. The molecule has 0 N–H and O–H groups in total. The van der Waals surface area contributed by atoms with Gasteiger partial charge in [-0.25, -0.2) is 12.7 Å². The van der Waals surface area contributed by atoms with Gasteiger partial charge in [0.05, 0.1) is 10.9 Å². The summed E-state index contributed by atoms with van der Waals surface area (Å²) in [7, 11) is -0.838. The maximum absolute atomic E-state index is 12.1. The average molecular weight is 311 g/mol. The van der Waals surface area contributed by atoms with Gasteiger partial charge in [0.1, 0.15) is 0 Å².